The molecule has 1 aliphatic rings. The summed E-state index contributed by atoms with van der Waals surface area (Å²) in [5.74, 6) is 0.0303. The number of rotatable bonds is 4. The van der Waals surface area contributed by atoms with E-state index >= 15 is 0 Å². The van der Waals surface area contributed by atoms with E-state index < -0.39 is 0 Å². The average molecular weight is 301 g/mol. The normalized spacial score (nSPS) is 14.0. The molecule has 2 aromatic rings. The second-order valence-electron chi connectivity index (χ2n) is 5.28. The van der Waals surface area contributed by atoms with E-state index in [0.717, 1.165) is 18.7 Å². The topological polar surface area (TPSA) is 32.3 Å². The van der Waals surface area contributed by atoms with Crippen LogP contribution in [0.5, 0.6) is 0 Å². The molecule has 3 nitrogen and oxygen atoms in total. The van der Waals surface area contributed by atoms with Gasteiger partial charge in [-0.3, -0.25) is 9.69 Å². The molecule has 108 valence electrons. The number of carbonyl (C=O) groups excluding carboxylic acids is 1. The monoisotopic (exact) mass is 300 g/mol. The summed E-state index contributed by atoms with van der Waals surface area (Å²) in [7, 11) is 0. The Balaban J connectivity index is 1.51. The van der Waals surface area contributed by atoms with Gasteiger partial charge in [-0.2, -0.15) is 0 Å². The van der Waals surface area contributed by atoms with Crippen molar-refractivity contribution in [1.29, 1.82) is 0 Å². The van der Waals surface area contributed by atoms with E-state index in [4.69, 9.17) is 11.6 Å². The van der Waals surface area contributed by atoms with Crippen molar-refractivity contribution in [3.8, 4) is 0 Å². The first kappa shape index (κ1) is 14.1. The number of fused-ring (bicyclic) bond motifs is 1. The van der Waals surface area contributed by atoms with Gasteiger partial charge in [0.1, 0.15) is 0 Å². The maximum atomic E-state index is 12.0. The molecule has 21 heavy (non-hydrogen) atoms. The van der Waals surface area contributed by atoms with Crippen molar-refractivity contribution < 1.29 is 4.79 Å². The quantitative estimate of drug-likeness (QED) is 0.941. The van der Waals surface area contributed by atoms with Gasteiger partial charge in [0.15, 0.2) is 0 Å². The third-order valence-electron chi connectivity index (χ3n) is 3.71. The van der Waals surface area contributed by atoms with Crippen molar-refractivity contribution in [3.05, 3.63) is 70.2 Å². The fourth-order valence-corrected chi connectivity index (χ4v) is 2.81. The highest BCUT2D eigenvalue weighted by Gasteiger charge is 2.20. The van der Waals surface area contributed by atoms with Crippen LogP contribution in [0.15, 0.2) is 48.5 Å². The summed E-state index contributed by atoms with van der Waals surface area (Å²) in [4.78, 5) is 14.2. The molecule has 0 radical (unpaired) electrons. The maximum Gasteiger partial charge on any atom is 0.234 e. The highest BCUT2D eigenvalue weighted by Crippen LogP contribution is 2.21. The van der Waals surface area contributed by atoms with E-state index in [9.17, 15) is 4.79 Å². The van der Waals surface area contributed by atoms with Gasteiger partial charge in [-0.15, -0.1) is 0 Å². The van der Waals surface area contributed by atoms with Crippen LogP contribution in [0.1, 0.15) is 16.7 Å². The Morgan fingerprint density at radius 1 is 1.05 bits per heavy atom. The van der Waals surface area contributed by atoms with Crippen LogP contribution in [-0.4, -0.2) is 17.4 Å². The second kappa shape index (κ2) is 6.29. The van der Waals surface area contributed by atoms with E-state index in [1.165, 1.54) is 11.1 Å². The molecule has 0 spiro atoms. The second-order valence-corrected chi connectivity index (χ2v) is 5.69. The van der Waals surface area contributed by atoms with Crippen LogP contribution in [0.2, 0.25) is 5.02 Å². The fraction of sp³-hybridized carbons (Fsp3) is 0.235. The number of carbonyl (C=O) groups is 1. The van der Waals surface area contributed by atoms with Crippen LogP contribution in [0.3, 0.4) is 0 Å². The standard InChI is InChI=1S/C17H17ClN2O/c18-16-8-4-3-5-13(16)9-19-17(21)12-20-10-14-6-1-2-7-15(14)11-20/h1-8H,9-12H2,(H,19,21). The number of halogens is 1. The SMILES string of the molecule is O=C(CN1Cc2ccccc2C1)NCc1ccccc1Cl. The van der Waals surface area contributed by atoms with Gasteiger partial charge < -0.3 is 5.32 Å². The van der Waals surface area contributed by atoms with E-state index in [0.29, 0.717) is 18.1 Å². The summed E-state index contributed by atoms with van der Waals surface area (Å²) in [6.07, 6.45) is 0. The van der Waals surface area contributed by atoms with Crippen LogP contribution >= 0.6 is 11.6 Å². The molecule has 1 heterocycles. The molecule has 0 saturated carbocycles. The highest BCUT2D eigenvalue weighted by atomic mass is 35.5. The number of hydrogen-bond donors (Lipinski definition) is 1. The van der Waals surface area contributed by atoms with E-state index in [-0.39, 0.29) is 5.91 Å². The lowest BCUT2D eigenvalue weighted by Crippen LogP contribution is -2.34. The Hall–Kier alpha value is -1.84. The lowest BCUT2D eigenvalue weighted by molar-refractivity contribution is -0.122. The zero-order valence-corrected chi connectivity index (χ0v) is 12.4. The average Bonchev–Trinajstić information content (AvgIpc) is 2.88. The molecule has 0 aromatic heterocycles. The first-order valence-electron chi connectivity index (χ1n) is 7.01. The van der Waals surface area contributed by atoms with Gasteiger partial charge in [-0.05, 0) is 22.8 Å². The van der Waals surface area contributed by atoms with E-state index in [1.54, 1.807) is 0 Å². The summed E-state index contributed by atoms with van der Waals surface area (Å²) >= 11 is 6.08. The number of hydrogen-bond acceptors (Lipinski definition) is 2. The molecule has 0 aliphatic carbocycles. The molecule has 0 saturated heterocycles. The van der Waals surface area contributed by atoms with Gasteiger partial charge >= 0.3 is 0 Å². The smallest absolute Gasteiger partial charge is 0.234 e. The Kier molecular flexibility index (Phi) is 4.23. The van der Waals surface area contributed by atoms with Gasteiger partial charge in [-0.25, -0.2) is 0 Å². The maximum absolute atomic E-state index is 12.0. The van der Waals surface area contributed by atoms with E-state index in [1.807, 2.05) is 36.4 Å². The lowest BCUT2D eigenvalue weighted by Gasteiger charge is -2.14. The summed E-state index contributed by atoms with van der Waals surface area (Å²) in [6, 6.07) is 15.9. The first-order valence-corrected chi connectivity index (χ1v) is 7.39. The molecule has 0 bridgehead atoms. The number of nitrogens with zero attached hydrogens (tertiary/aromatic N) is 1. The highest BCUT2D eigenvalue weighted by molar-refractivity contribution is 6.31. The zero-order chi connectivity index (χ0) is 14.7. The minimum absolute atomic E-state index is 0.0303. The lowest BCUT2D eigenvalue weighted by atomic mass is 10.1. The van der Waals surface area contributed by atoms with Crippen LogP contribution < -0.4 is 5.32 Å². The van der Waals surface area contributed by atoms with Gasteiger partial charge in [0, 0.05) is 24.7 Å². The Bertz CT molecular complexity index is 632. The Morgan fingerprint density at radius 3 is 2.33 bits per heavy atom. The van der Waals surface area contributed by atoms with Gasteiger partial charge in [0.25, 0.3) is 0 Å². The Morgan fingerprint density at radius 2 is 1.67 bits per heavy atom. The molecule has 1 amide bonds. The first-order chi connectivity index (χ1) is 10.2. The van der Waals surface area contributed by atoms with Crippen LogP contribution in [-0.2, 0) is 24.4 Å². The van der Waals surface area contributed by atoms with Crippen LogP contribution in [0.25, 0.3) is 0 Å². The summed E-state index contributed by atoms with van der Waals surface area (Å²) in [6.45, 7) is 2.57. The largest absolute Gasteiger partial charge is 0.351 e. The van der Waals surface area contributed by atoms with Crippen molar-refractivity contribution in [2.75, 3.05) is 6.54 Å². The van der Waals surface area contributed by atoms with Gasteiger partial charge in [0.05, 0.1) is 6.54 Å². The molecule has 0 atom stereocenters. The number of amides is 1. The zero-order valence-electron chi connectivity index (χ0n) is 11.7. The molecular formula is C17H17ClN2O. The van der Waals surface area contributed by atoms with Crippen molar-refractivity contribution in [2.24, 2.45) is 0 Å². The molecular weight excluding hydrogens is 284 g/mol. The van der Waals surface area contributed by atoms with Gasteiger partial charge in [-0.1, -0.05) is 54.1 Å². The van der Waals surface area contributed by atoms with Crippen molar-refractivity contribution in [1.82, 2.24) is 10.2 Å². The van der Waals surface area contributed by atoms with Crippen LogP contribution in [0.4, 0.5) is 0 Å². The van der Waals surface area contributed by atoms with Crippen molar-refractivity contribution >= 4 is 17.5 Å². The third kappa shape index (κ3) is 3.43. The van der Waals surface area contributed by atoms with Gasteiger partial charge in [0.2, 0.25) is 5.91 Å². The summed E-state index contributed by atoms with van der Waals surface area (Å²) in [5.41, 5.74) is 3.57. The predicted octanol–water partition coefficient (Wildman–Crippen LogP) is 2.97. The number of nitrogens with one attached hydrogen (secondary N) is 1. The Labute approximate surface area is 129 Å². The molecule has 2 aromatic carbocycles. The molecule has 3 rings (SSSR count). The third-order valence-corrected chi connectivity index (χ3v) is 4.08. The molecule has 0 unspecified atom stereocenters. The molecule has 4 heteroatoms. The summed E-state index contributed by atoms with van der Waals surface area (Å²) < 4.78 is 0. The minimum atomic E-state index is 0.0303. The predicted molar refractivity (Wildman–Crippen MR) is 83.9 cm³/mol. The molecule has 0 fully saturated rings. The van der Waals surface area contributed by atoms with Crippen molar-refractivity contribution in [3.63, 3.8) is 0 Å². The minimum Gasteiger partial charge on any atom is -0.351 e. The molecule has 1 N–H and O–H groups in total. The summed E-state index contributed by atoms with van der Waals surface area (Å²) in [5, 5.41) is 3.61. The van der Waals surface area contributed by atoms with Crippen molar-refractivity contribution in [2.45, 2.75) is 19.6 Å². The number of benzene rings is 2. The van der Waals surface area contributed by atoms with Crippen LogP contribution in [0, 0.1) is 0 Å². The molecule has 1 aliphatic heterocycles. The fourth-order valence-electron chi connectivity index (χ4n) is 2.61. The van der Waals surface area contributed by atoms with E-state index in [2.05, 4.69) is 22.3 Å².